The monoisotopic (exact) mass is 435 g/mol. The Morgan fingerprint density at radius 1 is 1.33 bits per heavy atom. The fourth-order valence-corrected chi connectivity index (χ4v) is 3.97. The molecule has 1 saturated heterocycles. The van der Waals surface area contributed by atoms with Gasteiger partial charge < -0.3 is 15.4 Å². The van der Waals surface area contributed by atoms with Crippen molar-refractivity contribution in [3.63, 3.8) is 0 Å². The van der Waals surface area contributed by atoms with Gasteiger partial charge in [-0.2, -0.15) is 0 Å². The number of amides is 1. The van der Waals surface area contributed by atoms with Crippen LogP contribution in [-0.4, -0.2) is 34.9 Å². The van der Waals surface area contributed by atoms with Crippen molar-refractivity contribution in [2.24, 2.45) is 5.73 Å². The first-order valence-corrected chi connectivity index (χ1v) is 9.26. The molecule has 2 N–H and O–H groups in total. The molecule has 3 rings (SSSR count). The van der Waals surface area contributed by atoms with E-state index < -0.39 is 0 Å². The van der Waals surface area contributed by atoms with E-state index in [1.807, 2.05) is 11.8 Å². The number of carbonyl (C=O) groups excluding carboxylic acids is 1. The second-order valence-electron chi connectivity index (χ2n) is 6.15. The summed E-state index contributed by atoms with van der Waals surface area (Å²) in [6.07, 6.45) is 3.09. The van der Waals surface area contributed by atoms with Gasteiger partial charge in [0.1, 0.15) is 28.1 Å². The van der Waals surface area contributed by atoms with Crippen molar-refractivity contribution in [2.45, 2.75) is 38.8 Å². The number of hydrogen-bond donors (Lipinski definition) is 1. The minimum absolute atomic E-state index is 0. The molecule has 1 aromatic heterocycles. The molecular weight excluding hydrogens is 412 g/mol. The van der Waals surface area contributed by atoms with Crippen molar-refractivity contribution in [2.75, 3.05) is 13.1 Å². The number of aromatic nitrogens is 1. The third-order valence-electron chi connectivity index (χ3n) is 4.37. The maximum absolute atomic E-state index is 12.9. The van der Waals surface area contributed by atoms with Crippen LogP contribution in [0.15, 0.2) is 24.3 Å². The highest BCUT2D eigenvalue weighted by molar-refractivity contribution is 7.13. The molecule has 0 saturated carbocycles. The minimum atomic E-state index is -0.304. The highest BCUT2D eigenvalue weighted by atomic mass is 35.5. The van der Waals surface area contributed by atoms with Gasteiger partial charge in [0.25, 0.3) is 5.91 Å². The number of likely N-dealkylation sites (tertiary alicyclic amines) is 1. The molecule has 150 valence electrons. The number of nitrogens with two attached hydrogens (primary N) is 1. The van der Waals surface area contributed by atoms with Gasteiger partial charge in [-0.15, -0.1) is 36.2 Å². The molecule has 9 heteroatoms. The van der Waals surface area contributed by atoms with E-state index in [4.69, 9.17) is 10.5 Å². The Bertz CT molecular complexity index is 743. The predicted octanol–water partition coefficient (Wildman–Crippen LogP) is 3.97. The lowest BCUT2D eigenvalue weighted by Crippen LogP contribution is -2.47. The second-order valence-corrected chi connectivity index (χ2v) is 7.23. The van der Waals surface area contributed by atoms with Gasteiger partial charge >= 0.3 is 0 Å². The Morgan fingerprint density at radius 2 is 2.04 bits per heavy atom. The zero-order chi connectivity index (χ0) is 17.8. The van der Waals surface area contributed by atoms with Crippen molar-refractivity contribution in [3.05, 3.63) is 45.7 Å². The molecule has 1 aromatic carbocycles. The van der Waals surface area contributed by atoms with Crippen LogP contribution >= 0.6 is 36.2 Å². The maximum Gasteiger partial charge on any atom is 0.266 e. The van der Waals surface area contributed by atoms with Crippen LogP contribution in [0.2, 0.25) is 0 Å². The molecule has 1 unspecified atom stereocenters. The molecule has 27 heavy (non-hydrogen) atoms. The van der Waals surface area contributed by atoms with Crippen molar-refractivity contribution >= 4 is 42.1 Å². The smallest absolute Gasteiger partial charge is 0.266 e. The van der Waals surface area contributed by atoms with Crippen molar-refractivity contribution in [1.82, 2.24) is 9.88 Å². The van der Waals surface area contributed by atoms with E-state index >= 15 is 0 Å². The molecule has 5 nitrogen and oxygen atoms in total. The number of aryl methyl sites for hydroxylation is 1. The lowest BCUT2D eigenvalue weighted by Gasteiger charge is -2.34. The Kier molecular flexibility index (Phi) is 9.45. The molecule has 0 bridgehead atoms. The number of nitrogens with zero attached hydrogens (tertiary/aromatic N) is 2. The number of carbonyl (C=O) groups is 1. The van der Waals surface area contributed by atoms with Gasteiger partial charge in [-0.3, -0.25) is 4.79 Å². The number of benzene rings is 1. The van der Waals surface area contributed by atoms with Gasteiger partial charge in [0, 0.05) is 19.1 Å². The van der Waals surface area contributed by atoms with Crippen LogP contribution in [0, 0.1) is 12.7 Å². The predicted molar refractivity (Wildman–Crippen MR) is 110 cm³/mol. The van der Waals surface area contributed by atoms with Gasteiger partial charge in [0.05, 0.1) is 5.69 Å². The average molecular weight is 436 g/mol. The van der Waals surface area contributed by atoms with Crippen molar-refractivity contribution in [1.29, 1.82) is 0 Å². The molecule has 0 radical (unpaired) electrons. The van der Waals surface area contributed by atoms with Crippen LogP contribution in [-0.2, 0) is 6.61 Å². The number of rotatable bonds is 5. The van der Waals surface area contributed by atoms with E-state index in [0.29, 0.717) is 22.9 Å². The van der Waals surface area contributed by atoms with Gasteiger partial charge in [0.2, 0.25) is 0 Å². The van der Waals surface area contributed by atoms with E-state index in [1.54, 1.807) is 12.1 Å². The topological polar surface area (TPSA) is 68.5 Å². The zero-order valence-corrected chi connectivity index (χ0v) is 17.5. The van der Waals surface area contributed by atoms with Gasteiger partial charge in [-0.25, -0.2) is 9.37 Å². The van der Waals surface area contributed by atoms with Crippen LogP contribution in [0.4, 0.5) is 4.39 Å². The van der Waals surface area contributed by atoms with Crippen LogP contribution in [0.5, 0.6) is 5.75 Å². The normalized spacial score (nSPS) is 16.3. The third kappa shape index (κ3) is 5.78. The zero-order valence-electron chi connectivity index (χ0n) is 15.0. The van der Waals surface area contributed by atoms with Gasteiger partial charge in [-0.1, -0.05) is 0 Å². The first-order chi connectivity index (χ1) is 12.1. The molecule has 1 aliphatic heterocycles. The molecule has 1 fully saturated rings. The molecule has 1 atom stereocenters. The standard InChI is InChI=1S/C18H22FN3O2S.2ClH/c1-12-17(18(23)22-9-3-2-4-14(22)10-20)25-16(21-12)11-24-15-7-5-13(19)6-8-15;;/h5-8,14H,2-4,9-11,20H2,1H3;2*1H. The fraction of sp³-hybridized carbons (Fsp3) is 0.444. The Balaban J connectivity index is 0.00000182. The first kappa shape index (κ1) is 23.6. The summed E-state index contributed by atoms with van der Waals surface area (Å²) >= 11 is 1.35. The van der Waals surface area contributed by atoms with E-state index in [9.17, 15) is 9.18 Å². The summed E-state index contributed by atoms with van der Waals surface area (Å²) in [6, 6.07) is 5.95. The molecule has 0 spiro atoms. The van der Waals surface area contributed by atoms with Crippen LogP contribution < -0.4 is 10.5 Å². The van der Waals surface area contributed by atoms with Gasteiger partial charge in [-0.05, 0) is 50.5 Å². The Hall–Kier alpha value is -1.41. The number of thiazole rings is 1. The summed E-state index contributed by atoms with van der Waals surface area (Å²) in [5.41, 5.74) is 6.54. The van der Waals surface area contributed by atoms with Crippen LogP contribution in [0.25, 0.3) is 0 Å². The lowest BCUT2D eigenvalue weighted by molar-refractivity contribution is 0.0627. The minimum Gasteiger partial charge on any atom is -0.486 e. The van der Waals surface area contributed by atoms with E-state index in [-0.39, 0.29) is 49.2 Å². The van der Waals surface area contributed by atoms with Crippen LogP contribution in [0.1, 0.15) is 39.6 Å². The molecule has 1 amide bonds. The maximum atomic E-state index is 12.9. The SMILES string of the molecule is Cc1nc(COc2ccc(F)cc2)sc1C(=O)N1CCCCC1CN.Cl.Cl. The van der Waals surface area contributed by atoms with E-state index in [1.165, 1.54) is 23.5 Å². The molecular formula is C18H24Cl2FN3O2S. The molecule has 2 heterocycles. The quantitative estimate of drug-likeness (QED) is 0.771. The molecule has 0 aliphatic carbocycles. The summed E-state index contributed by atoms with van der Waals surface area (Å²) in [4.78, 5) is 19.9. The average Bonchev–Trinajstić information content (AvgIpc) is 3.01. The highest BCUT2D eigenvalue weighted by Crippen LogP contribution is 2.25. The first-order valence-electron chi connectivity index (χ1n) is 8.44. The van der Waals surface area contributed by atoms with Crippen molar-refractivity contribution in [3.8, 4) is 5.75 Å². The van der Waals surface area contributed by atoms with Crippen LogP contribution in [0.3, 0.4) is 0 Å². The number of ether oxygens (including phenoxy) is 1. The van der Waals surface area contributed by atoms with E-state index in [0.717, 1.165) is 30.8 Å². The summed E-state index contributed by atoms with van der Waals surface area (Å²) in [6.45, 7) is 3.33. The number of halogens is 3. The van der Waals surface area contributed by atoms with Gasteiger partial charge in [0.15, 0.2) is 0 Å². The summed E-state index contributed by atoms with van der Waals surface area (Å²) in [7, 11) is 0. The lowest BCUT2D eigenvalue weighted by atomic mass is 10.0. The summed E-state index contributed by atoms with van der Waals surface area (Å²) in [5.74, 6) is 0.279. The molecule has 2 aromatic rings. The second kappa shape index (κ2) is 10.8. The van der Waals surface area contributed by atoms with Crippen molar-refractivity contribution < 1.29 is 13.9 Å². The summed E-state index contributed by atoms with van der Waals surface area (Å²) < 4.78 is 18.5. The fourth-order valence-electron chi connectivity index (χ4n) is 3.03. The summed E-state index contributed by atoms with van der Waals surface area (Å²) in [5, 5.41) is 0.728. The number of hydrogen-bond acceptors (Lipinski definition) is 5. The Morgan fingerprint density at radius 3 is 2.70 bits per heavy atom. The Labute approximate surface area is 174 Å². The third-order valence-corrected chi connectivity index (χ3v) is 5.49. The highest BCUT2D eigenvalue weighted by Gasteiger charge is 2.29. The van der Waals surface area contributed by atoms with E-state index in [2.05, 4.69) is 4.98 Å². The number of piperidine rings is 1. The largest absolute Gasteiger partial charge is 0.486 e. The molecule has 1 aliphatic rings.